The first-order valence-corrected chi connectivity index (χ1v) is 6.74. The molecule has 2 heterocycles. The molecule has 1 aromatic rings. The van der Waals surface area contributed by atoms with Gasteiger partial charge in [0.15, 0.2) is 0 Å². The van der Waals surface area contributed by atoms with Gasteiger partial charge in [-0.3, -0.25) is 4.90 Å². The zero-order valence-electron chi connectivity index (χ0n) is 11.9. The zero-order chi connectivity index (χ0) is 13.3. The van der Waals surface area contributed by atoms with Crippen LogP contribution in [0.2, 0.25) is 0 Å². The summed E-state index contributed by atoms with van der Waals surface area (Å²) in [6.45, 7) is 10.3. The third-order valence-corrected chi connectivity index (χ3v) is 4.03. The minimum Gasteiger partial charge on any atom is -0.466 e. The van der Waals surface area contributed by atoms with Gasteiger partial charge >= 0.3 is 0 Å². The van der Waals surface area contributed by atoms with Crippen molar-refractivity contribution in [2.24, 2.45) is 5.73 Å². The van der Waals surface area contributed by atoms with E-state index in [0.29, 0.717) is 18.6 Å². The van der Waals surface area contributed by atoms with Crippen LogP contribution in [0.5, 0.6) is 0 Å². The molecule has 0 aliphatic carbocycles. The summed E-state index contributed by atoms with van der Waals surface area (Å²) in [6, 6.07) is 2.98. The molecule has 0 bridgehead atoms. The number of likely N-dealkylation sites (N-methyl/N-ethyl adjacent to an activating group) is 1. The smallest absolute Gasteiger partial charge is 0.105 e. The molecule has 4 heteroatoms. The molecular formula is C14H25N3O. The Bertz CT molecular complexity index is 402. The van der Waals surface area contributed by atoms with Crippen LogP contribution in [0, 0.1) is 13.8 Å². The normalized spacial score (nSPS) is 24.4. The Hall–Kier alpha value is -0.840. The first-order chi connectivity index (χ1) is 8.52. The molecule has 0 saturated carbocycles. The standard InChI is InChI=1S/C14H25N3O/c1-10-7-14(12(3)18-10)11(2)17-6-5-16(4)9-13(17)8-15/h7,11,13H,5-6,8-9,15H2,1-4H3. The van der Waals surface area contributed by atoms with Gasteiger partial charge in [0.1, 0.15) is 11.5 Å². The van der Waals surface area contributed by atoms with Gasteiger partial charge in [-0.1, -0.05) is 0 Å². The summed E-state index contributed by atoms with van der Waals surface area (Å²) >= 11 is 0. The van der Waals surface area contributed by atoms with E-state index in [2.05, 4.69) is 29.8 Å². The van der Waals surface area contributed by atoms with Crippen molar-refractivity contribution in [1.82, 2.24) is 9.80 Å². The van der Waals surface area contributed by atoms with Gasteiger partial charge in [-0.05, 0) is 33.9 Å². The average Bonchev–Trinajstić information content (AvgIpc) is 2.67. The van der Waals surface area contributed by atoms with E-state index in [4.69, 9.17) is 10.2 Å². The number of nitrogens with zero attached hydrogens (tertiary/aromatic N) is 2. The molecular weight excluding hydrogens is 226 g/mol. The number of hydrogen-bond acceptors (Lipinski definition) is 4. The predicted octanol–water partition coefficient (Wildman–Crippen LogP) is 1.53. The van der Waals surface area contributed by atoms with Crippen molar-refractivity contribution in [3.05, 3.63) is 23.2 Å². The van der Waals surface area contributed by atoms with Gasteiger partial charge in [-0.25, -0.2) is 0 Å². The molecule has 1 saturated heterocycles. The van der Waals surface area contributed by atoms with Crippen molar-refractivity contribution in [2.75, 3.05) is 33.2 Å². The van der Waals surface area contributed by atoms with Gasteiger partial charge in [0, 0.05) is 43.8 Å². The minimum atomic E-state index is 0.379. The maximum atomic E-state index is 5.92. The molecule has 0 radical (unpaired) electrons. The summed E-state index contributed by atoms with van der Waals surface area (Å²) in [6.07, 6.45) is 0. The Labute approximate surface area is 110 Å². The first-order valence-electron chi connectivity index (χ1n) is 6.74. The Balaban J connectivity index is 2.17. The fraction of sp³-hybridized carbons (Fsp3) is 0.714. The number of rotatable bonds is 3. The molecule has 18 heavy (non-hydrogen) atoms. The lowest BCUT2D eigenvalue weighted by atomic mass is 10.0. The fourth-order valence-corrected chi connectivity index (χ4v) is 2.99. The molecule has 0 aromatic carbocycles. The summed E-state index contributed by atoms with van der Waals surface area (Å²) in [4.78, 5) is 4.87. The van der Waals surface area contributed by atoms with E-state index in [-0.39, 0.29) is 0 Å². The molecule has 0 spiro atoms. The third-order valence-electron chi connectivity index (χ3n) is 4.03. The van der Waals surface area contributed by atoms with Crippen LogP contribution in [0.15, 0.2) is 10.5 Å². The van der Waals surface area contributed by atoms with E-state index in [9.17, 15) is 0 Å². The number of furan rings is 1. The van der Waals surface area contributed by atoms with Gasteiger partial charge < -0.3 is 15.1 Å². The van der Waals surface area contributed by atoms with E-state index >= 15 is 0 Å². The van der Waals surface area contributed by atoms with E-state index in [1.54, 1.807) is 0 Å². The lowest BCUT2D eigenvalue weighted by Gasteiger charge is -2.42. The van der Waals surface area contributed by atoms with Crippen LogP contribution in [-0.4, -0.2) is 49.1 Å². The molecule has 2 unspecified atom stereocenters. The summed E-state index contributed by atoms with van der Waals surface area (Å²) < 4.78 is 5.65. The number of aryl methyl sites for hydroxylation is 2. The molecule has 2 atom stereocenters. The van der Waals surface area contributed by atoms with Gasteiger partial charge in [0.05, 0.1) is 0 Å². The Morgan fingerprint density at radius 3 is 2.72 bits per heavy atom. The average molecular weight is 251 g/mol. The minimum absolute atomic E-state index is 0.379. The number of nitrogens with two attached hydrogens (primary N) is 1. The molecule has 4 nitrogen and oxygen atoms in total. The molecule has 1 aliphatic heterocycles. The maximum Gasteiger partial charge on any atom is 0.105 e. The first kappa shape index (κ1) is 13.6. The van der Waals surface area contributed by atoms with Crippen LogP contribution in [0.25, 0.3) is 0 Å². The number of hydrogen-bond donors (Lipinski definition) is 1. The SMILES string of the molecule is Cc1cc(C(C)N2CCN(C)CC2CN)c(C)o1. The summed E-state index contributed by atoms with van der Waals surface area (Å²) in [7, 11) is 2.16. The second-order valence-corrected chi connectivity index (χ2v) is 5.43. The largest absolute Gasteiger partial charge is 0.466 e. The molecule has 2 rings (SSSR count). The molecule has 102 valence electrons. The highest BCUT2D eigenvalue weighted by molar-refractivity contribution is 5.24. The van der Waals surface area contributed by atoms with Gasteiger partial charge in [-0.2, -0.15) is 0 Å². The van der Waals surface area contributed by atoms with Gasteiger partial charge in [-0.15, -0.1) is 0 Å². The maximum absolute atomic E-state index is 5.92. The van der Waals surface area contributed by atoms with Crippen LogP contribution in [0.1, 0.15) is 30.0 Å². The van der Waals surface area contributed by atoms with Crippen molar-refractivity contribution < 1.29 is 4.42 Å². The van der Waals surface area contributed by atoms with Crippen LogP contribution >= 0.6 is 0 Å². The zero-order valence-corrected chi connectivity index (χ0v) is 11.9. The molecule has 0 amide bonds. The summed E-state index contributed by atoms with van der Waals surface area (Å²) in [5.74, 6) is 2.03. The van der Waals surface area contributed by atoms with Crippen LogP contribution < -0.4 is 5.73 Å². The second-order valence-electron chi connectivity index (χ2n) is 5.43. The quantitative estimate of drug-likeness (QED) is 0.885. The topological polar surface area (TPSA) is 45.6 Å². The fourth-order valence-electron chi connectivity index (χ4n) is 2.99. The molecule has 2 N–H and O–H groups in total. The molecule has 1 aliphatic rings. The van der Waals surface area contributed by atoms with Crippen LogP contribution in [0.3, 0.4) is 0 Å². The second kappa shape index (κ2) is 5.43. The van der Waals surface area contributed by atoms with E-state index in [1.165, 1.54) is 5.56 Å². The Morgan fingerprint density at radius 2 is 2.17 bits per heavy atom. The van der Waals surface area contributed by atoms with E-state index in [0.717, 1.165) is 31.2 Å². The summed E-state index contributed by atoms with van der Waals surface area (Å²) in [5.41, 5.74) is 7.22. The van der Waals surface area contributed by atoms with Crippen LogP contribution in [0.4, 0.5) is 0 Å². The van der Waals surface area contributed by atoms with E-state index < -0.39 is 0 Å². The van der Waals surface area contributed by atoms with Crippen LogP contribution in [-0.2, 0) is 0 Å². The Kier molecular flexibility index (Phi) is 4.10. The van der Waals surface area contributed by atoms with Crippen molar-refractivity contribution in [3.63, 3.8) is 0 Å². The lowest BCUT2D eigenvalue weighted by molar-refractivity contribution is 0.0616. The molecule has 1 aromatic heterocycles. The molecule has 1 fully saturated rings. The summed E-state index contributed by atoms with van der Waals surface area (Å²) in [5, 5.41) is 0. The van der Waals surface area contributed by atoms with Crippen molar-refractivity contribution in [2.45, 2.75) is 32.9 Å². The van der Waals surface area contributed by atoms with Crippen molar-refractivity contribution in [1.29, 1.82) is 0 Å². The third kappa shape index (κ3) is 2.60. The van der Waals surface area contributed by atoms with E-state index in [1.807, 2.05) is 13.8 Å². The highest BCUT2D eigenvalue weighted by Crippen LogP contribution is 2.28. The lowest BCUT2D eigenvalue weighted by Crippen LogP contribution is -2.55. The highest BCUT2D eigenvalue weighted by atomic mass is 16.3. The monoisotopic (exact) mass is 251 g/mol. The highest BCUT2D eigenvalue weighted by Gasteiger charge is 2.29. The van der Waals surface area contributed by atoms with Crippen molar-refractivity contribution in [3.8, 4) is 0 Å². The number of piperazine rings is 1. The predicted molar refractivity (Wildman–Crippen MR) is 73.6 cm³/mol. The Morgan fingerprint density at radius 1 is 1.44 bits per heavy atom. The van der Waals surface area contributed by atoms with Crippen molar-refractivity contribution >= 4 is 0 Å². The van der Waals surface area contributed by atoms with Gasteiger partial charge in [0.25, 0.3) is 0 Å². The van der Waals surface area contributed by atoms with Gasteiger partial charge in [0.2, 0.25) is 0 Å².